The first-order valence-electron chi connectivity index (χ1n) is 7.19. The van der Waals surface area contributed by atoms with Crippen molar-refractivity contribution in [3.63, 3.8) is 0 Å². The van der Waals surface area contributed by atoms with Crippen LogP contribution < -0.4 is 5.73 Å². The number of amidine groups is 1. The van der Waals surface area contributed by atoms with Gasteiger partial charge in [-0.05, 0) is 41.4 Å². The van der Waals surface area contributed by atoms with Crippen LogP contribution in [-0.4, -0.2) is 16.5 Å². The monoisotopic (exact) mass is 338 g/mol. The molecule has 0 aliphatic carbocycles. The molecule has 0 radical (unpaired) electrons. The standard InChI is InChI=1S/C17H14N4S2/c1-10-6-7-19-17-13(10)14(11-4-2-8-22-11)20-15(16(18)21-17)12-5-3-9-23-12/h2-9,15H,1H3,(H2,18,19,21). The molecule has 1 aliphatic rings. The quantitative estimate of drug-likeness (QED) is 0.765. The van der Waals surface area contributed by atoms with Gasteiger partial charge in [0.1, 0.15) is 11.9 Å². The molecule has 2 N–H and O–H groups in total. The molecule has 4 nitrogen and oxygen atoms in total. The molecule has 0 saturated heterocycles. The second-order valence-electron chi connectivity index (χ2n) is 5.24. The lowest BCUT2D eigenvalue weighted by atomic mass is 10.0. The van der Waals surface area contributed by atoms with Gasteiger partial charge < -0.3 is 5.73 Å². The van der Waals surface area contributed by atoms with Gasteiger partial charge in [-0.1, -0.05) is 12.1 Å². The first-order valence-corrected chi connectivity index (χ1v) is 8.95. The molecule has 3 aromatic heterocycles. The van der Waals surface area contributed by atoms with Crippen LogP contribution in [0, 0.1) is 6.92 Å². The molecular formula is C17H14N4S2. The molecule has 114 valence electrons. The first-order chi connectivity index (χ1) is 11.2. The second kappa shape index (κ2) is 5.72. The summed E-state index contributed by atoms with van der Waals surface area (Å²) in [4.78, 5) is 16.2. The Morgan fingerprint density at radius 2 is 1.91 bits per heavy atom. The van der Waals surface area contributed by atoms with E-state index in [1.807, 2.05) is 29.6 Å². The molecule has 0 aromatic carbocycles. The maximum absolute atomic E-state index is 6.26. The van der Waals surface area contributed by atoms with E-state index in [9.17, 15) is 0 Å². The van der Waals surface area contributed by atoms with E-state index in [1.54, 1.807) is 28.9 Å². The lowest BCUT2D eigenvalue weighted by molar-refractivity contribution is 0.978. The highest BCUT2D eigenvalue weighted by Gasteiger charge is 2.25. The summed E-state index contributed by atoms with van der Waals surface area (Å²) >= 11 is 3.30. The van der Waals surface area contributed by atoms with E-state index in [2.05, 4.69) is 28.3 Å². The van der Waals surface area contributed by atoms with E-state index in [-0.39, 0.29) is 6.04 Å². The molecule has 4 rings (SSSR count). The molecule has 1 unspecified atom stereocenters. The van der Waals surface area contributed by atoms with E-state index >= 15 is 0 Å². The number of hydrogen-bond donors (Lipinski definition) is 1. The van der Waals surface area contributed by atoms with Crippen molar-refractivity contribution in [1.82, 2.24) is 4.98 Å². The predicted molar refractivity (Wildman–Crippen MR) is 97.3 cm³/mol. The van der Waals surface area contributed by atoms with Gasteiger partial charge in [-0.15, -0.1) is 22.7 Å². The summed E-state index contributed by atoms with van der Waals surface area (Å²) in [5.41, 5.74) is 9.26. The second-order valence-corrected chi connectivity index (χ2v) is 7.16. The number of thiophene rings is 2. The molecule has 0 spiro atoms. The number of pyridine rings is 1. The van der Waals surface area contributed by atoms with Gasteiger partial charge in [0.05, 0.1) is 10.6 Å². The van der Waals surface area contributed by atoms with Gasteiger partial charge in [0.15, 0.2) is 5.82 Å². The molecule has 23 heavy (non-hydrogen) atoms. The van der Waals surface area contributed by atoms with E-state index in [1.165, 1.54) is 0 Å². The van der Waals surface area contributed by atoms with Crippen LogP contribution in [0.1, 0.15) is 26.9 Å². The van der Waals surface area contributed by atoms with Gasteiger partial charge in [0.2, 0.25) is 0 Å². The number of nitrogens with zero attached hydrogens (tertiary/aromatic N) is 3. The molecule has 0 fully saturated rings. The van der Waals surface area contributed by atoms with Gasteiger partial charge in [0, 0.05) is 16.6 Å². The zero-order valence-corrected chi connectivity index (χ0v) is 14.1. The molecule has 0 bridgehead atoms. The lowest BCUT2D eigenvalue weighted by Gasteiger charge is -2.11. The third-order valence-corrected chi connectivity index (χ3v) is 5.52. The van der Waals surface area contributed by atoms with Crippen molar-refractivity contribution >= 4 is 40.0 Å². The minimum absolute atomic E-state index is 0.263. The Morgan fingerprint density at radius 3 is 2.65 bits per heavy atom. The zero-order valence-electron chi connectivity index (χ0n) is 12.4. The lowest BCUT2D eigenvalue weighted by Crippen LogP contribution is -2.19. The van der Waals surface area contributed by atoms with Gasteiger partial charge in [-0.3, -0.25) is 4.99 Å². The van der Waals surface area contributed by atoms with E-state index < -0.39 is 0 Å². The highest BCUT2D eigenvalue weighted by molar-refractivity contribution is 7.12. The summed E-state index contributed by atoms with van der Waals surface area (Å²) in [7, 11) is 0. The van der Waals surface area contributed by atoms with Crippen LogP contribution in [0.25, 0.3) is 0 Å². The highest BCUT2D eigenvalue weighted by Crippen LogP contribution is 2.33. The number of hydrogen-bond acceptors (Lipinski definition) is 6. The minimum atomic E-state index is -0.263. The average molecular weight is 338 g/mol. The fourth-order valence-electron chi connectivity index (χ4n) is 2.62. The van der Waals surface area contributed by atoms with Crippen molar-refractivity contribution < 1.29 is 0 Å². The molecule has 1 atom stereocenters. The Hall–Kier alpha value is -2.31. The van der Waals surface area contributed by atoms with E-state index in [0.29, 0.717) is 11.7 Å². The smallest absolute Gasteiger partial charge is 0.163 e. The van der Waals surface area contributed by atoms with Crippen molar-refractivity contribution in [3.05, 3.63) is 68.2 Å². The summed E-state index contributed by atoms with van der Waals surface area (Å²) in [6.07, 6.45) is 1.77. The topological polar surface area (TPSA) is 63.6 Å². The van der Waals surface area contributed by atoms with Crippen LogP contribution in [0.5, 0.6) is 0 Å². The third kappa shape index (κ3) is 2.50. The van der Waals surface area contributed by atoms with Crippen molar-refractivity contribution in [3.8, 4) is 0 Å². The first kappa shape index (κ1) is 14.3. The van der Waals surface area contributed by atoms with Crippen LogP contribution in [0.4, 0.5) is 5.82 Å². The Labute approximate surface area is 142 Å². The fraction of sp³-hybridized carbons (Fsp3) is 0.118. The fourth-order valence-corrected chi connectivity index (χ4v) is 4.12. The summed E-state index contributed by atoms with van der Waals surface area (Å²) in [5, 5.41) is 4.09. The van der Waals surface area contributed by atoms with Crippen molar-refractivity contribution in [1.29, 1.82) is 0 Å². The van der Waals surface area contributed by atoms with E-state index in [0.717, 1.165) is 26.6 Å². The summed E-state index contributed by atoms with van der Waals surface area (Å²) in [6.45, 7) is 2.06. The average Bonchev–Trinajstić information content (AvgIpc) is 3.21. The van der Waals surface area contributed by atoms with Crippen LogP contribution in [0.15, 0.2) is 57.3 Å². The SMILES string of the molecule is Cc1ccnc2c1C(c1cccs1)=NC(c1cccs1)C(N)=N2. The summed E-state index contributed by atoms with van der Waals surface area (Å²) < 4.78 is 0. The number of aliphatic imine (C=N–C) groups is 2. The molecule has 4 heterocycles. The van der Waals surface area contributed by atoms with Crippen LogP contribution in [-0.2, 0) is 0 Å². The number of rotatable bonds is 2. The summed E-state index contributed by atoms with van der Waals surface area (Å²) in [6, 6.07) is 9.88. The molecule has 3 aromatic rings. The van der Waals surface area contributed by atoms with Crippen molar-refractivity contribution in [2.24, 2.45) is 15.7 Å². The van der Waals surface area contributed by atoms with Gasteiger partial charge in [0.25, 0.3) is 0 Å². The molecule has 0 amide bonds. The number of aromatic nitrogens is 1. The maximum Gasteiger partial charge on any atom is 0.163 e. The van der Waals surface area contributed by atoms with E-state index in [4.69, 9.17) is 10.7 Å². The maximum atomic E-state index is 6.26. The van der Waals surface area contributed by atoms with Crippen molar-refractivity contribution in [2.45, 2.75) is 13.0 Å². The number of fused-ring (bicyclic) bond motifs is 1. The number of aryl methyl sites for hydroxylation is 1. The minimum Gasteiger partial charge on any atom is -0.385 e. The largest absolute Gasteiger partial charge is 0.385 e. The Bertz CT molecular complexity index is 893. The Morgan fingerprint density at radius 1 is 1.09 bits per heavy atom. The molecule has 1 aliphatic heterocycles. The molecular weight excluding hydrogens is 324 g/mol. The zero-order chi connectivity index (χ0) is 15.8. The number of nitrogens with two attached hydrogens (primary N) is 1. The van der Waals surface area contributed by atoms with Gasteiger partial charge in [-0.2, -0.15) is 0 Å². The van der Waals surface area contributed by atoms with Gasteiger partial charge >= 0.3 is 0 Å². The predicted octanol–water partition coefficient (Wildman–Crippen LogP) is 4.09. The highest BCUT2D eigenvalue weighted by atomic mass is 32.1. The van der Waals surface area contributed by atoms with Crippen LogP contribution in [0.3, 0.4) is 0 Å². The third-order valence-electron chi connectivity index (χ3n) is 3.72. The summed E-state index contributed by atoms with van der Waals surface area (Å²) in [5.74, 6) is 1.13. The van der Waals surface area contributed by atoms with Crippen molar-refractivity contribution in [2.75, 3.05) is 0 Å². The molecule has 6 heteroatoms. The Kier molecular flexibility index (Phi) is 3.55. The Balaban J connectivity index is 1.99. The van der Waals surface area contributed by atoms with Crippen LogP contribution >= 0.6 is 22.7 Å². The normalized spacial score (nSPS) is 17.2. The molecule has 0 saturated carbocycles. The van der Waals surface area contributed by atoms with Crippen LogP contribution in [0.2, 0.25) is 0 Å². The van der Waals surface area contributed by atoms with Gasteiger partial charge in [-0.25, -0.2) is 9.98 Å².